The maximum Gasteiger partial charge on any atom is 0.261 e. The predicted octanol–water partition coefficient (Wildman–Crippen LogP) is 2.59. The number of benzene rings is 1. The summed E-state index contributed by atoms with van der Waals surface area (Å²) in [5, 5.41) is 3.39. The molecular formula is C19H21N3O4S. The van der Waals surface area contributed by atoms with Gasteiger partial charge in [0.25, 0.3) is 11.5 Å². The molecule has 7 nitrogen and oxygen atoms in total. The minimum absolute atomic E-state index is 0.201. The molecule has 0 saturated carbocycles. The molecule has 3 rings (SSSR count). The zero-order valence-corrected chi connectivity index (χ0v) is 16.5. The average Bonchev–Trinajstić information content (AvgIpc) is 2.98. The first-order chi connectivity index (χ1) is 12.9. The van der Waals surface area contributed by atoms with E-state index >= 15 is 0 Å². The highest BCUT2D eigenvalue weighted by Gasteiger charge is 2.18. The van der Waals surface area contributed by atoms with Crippen LogP contribution in [0.25, 0.3) is 10.2 Å². The number of amides is 1. The second-order valence-corrected chi connectivity index (χ2v) is 7.08. The Morgan fingerprint density at radius 1 is 1.22 bits per heavy atom. The topological polar surface area (TPSA) is 93.3 Å². The molecule has 2 N–H and O–H groups in total. The number of aromatic nitrogens is 2. The summed E-state index contributed by atoms with van der Waals surface area (Å²) < 4.78 is 10.5. The molecule has 0 fully saturated rings. The van der Waals surface area contributed by atoms with Gasteiger partial charge in [0.15, 0.2) is 11.5 Å². The predicted molar refractivity (Wildman–Crippen MR) is 105 cm³/mol. The lowest BCUT2D eigenvalue weighted by Gasteiger charge is -2.10. The molecule has 0 unspecified atom stereocenters. The van der Waals surface area contributed by atoms with Crippen molar-refractivity contribution in [3.05, 3.63) is 50.4 Å². The third kappa shape index (κ3) is 3.80. The fraction of sp³-hybridized carbons (Fsp3) is 0.316. The molecule has 0 aliphatic heterocycles. The number of hydrogen-bond donors (Lipinski definition) is 2. The standard InChI is InChI=1S/C19H21N3O4S/c1-10-15-17(23)21-11(2)22-19(15)27-16(10)18(24)20-8-7-12-5-6-13(25-3)14(9-12)26-4/h5-6,9H,7-8H2,1-4H3,(H,20,24)(H,21,22,23). The lowest BCUT2D eigenvalue weighted by molar-refractivity contribution is 0.0957. The first kappa shape index (κ1) is 18.9. The molecule has 3 aromatic rings. The van der Waals surface area contributed by atoms with Crippen LogP contribution in [0.5, 0.6) is 11.5 Å². The molecule has 2 heterocycles. The Morgan fingerprint density at radius 3 is 2.67 bits per heavy atom. The van der Waals surface area contributed by atoms with Crippen molar-refractivity contribution in [1.82, 2.24) is 15.3 Å². The zero-order chi connectivity index (χ0) is 19.6. The SMILES string of the molecule is COc1ccc(CCNC(=O)c2sc3nc(C)[nH]c(=O)c3c2C)cc1OC. The van der Waals surface area contributed by atoms with E-state index in [4.69, 9.17) is 9.47 Å². The molecule has 0 bridgehead atoms. The van der Waals surface area contributed by atoms with Crippen molar-refractivity contribution < 1.29 is 14.3 Å². The Hall–Kier alpha value is -2.87. The summed E-state index contributed by atoms with van der Waals surface area (Å²) in [5.74, 6) is 1.66. The van der Waals surface area contributed by atoms with Gasteiger partial charge in [-0.05, 0) is 43.5 Å². The number of methoxy groups -OCH3 is 2. The fourth-order valence-electron chi connectivity index (χ4n) is 2.90. The molecule has 0 radical (unpaired) electrons. The van der Waals surface area contributed by atoms with Gasteiger partial charge in [0.2, 0.25) is 0 Å². The molecule has 27 heavy (non-hydrogen) atoms. The molecule has 8 heteroatoms. The summed E-state index contributed by atoms with van der Waals surface area (Å²) in [6, 6.07) is 5.67. The molecule has 1 aromatic carbocycles. The second kappa shape index (κ2) is 7.79. The summed E-state index contributed by atoms with van der Waals surface area (Å²) in [6.45, 7) is 3.96. The zero-order valence-electron chi connectivity index (χ0n) is 15.6. The van der Waals surface area contributed by atoms with Crippen molar-refractivity contribution >= 4 is 27.5 Å². The van der Waals surface area contributed by atoms with E-state index in [0.29, 0.717) is 50.9 Å². The van der Waals surface area contributed by atoms with Gasteiger partial charge in [-0.25, -0.2) is 4.98 Å². The van der Waals surface area contributed by atoms with E-state index in [1.807, 2.05) is 18.2 Å². The normalized spacial score (nSPS) is 10.8. The third-order valence-electron chi connectivity index (χ3n) is 4.27. The third-order valence-corrected chi connectivity index (χ3v) is 5.46. The minimum Gasteiger partial charge on any atom is -0.493 e. The quantitative estimate of drug-likeness (QED) is 0.678. The fourth-order valence-corrected chi connectivity index (χ4v) is 4.05. The molecule has 0 saturated heterocycles. The van der Waals surface area contributed by atoms with Crippen molar-refractivity contribution in [2.24, 2.45) is 0 Å². The Labute approximate surface area is 160 Å². The Morgan fingerprint density at radius 2 is 1.96 bits per heavy atom. The van der Waals surface area contributed by atoms with E-state index in [-0.39, 0.29) is 11.5 Å². The number of H-pyrrole nitrogens is 1. The molecule has 142 valence electrons. The van der Waals surface area contributed by atoms with Crippen LogP contribution in [-0.4, -0.2) is 36.6 Å². The van der Waals surface area contributed by atoms with Crippen LogP contribution in [0.15, 0.2) is 23.0 Å². The van der Waals surface area contributed by atoms with Gasteiger partial charge in [-0.1, -0.05) is 6.07 Å². The van der Waals surface area contributed by atoms with Gasteiger partial charge in [-0.2, -0.15) is 0 Å². The summed E-state index contributed by atoms with van der Waals surface area (Å²) in [6.07, 6.45) is 0.647. The number of carbonyl (C=O) groups excluding carboxylic acids is 1. The number of thiophene rings is 1. The molecule has 2 aromatic heterocycles. The van der Waals surface area contributed by atoms with E-state index < -0.39 is 0 Å². The largest absolute Gasteiger partial charge is 0.493 e. The van der Waals surface area contributed by atoms with Crippen LogP contribution < -0.4 is 20.3 Å². The van der Waals surface area contributed by atoms with Crippen molar-refractivity contribution in [2.45, 2.75) is 20.3 Å². The van der Waals surface area contributed by atoms with Crippen LogP contribution in [0.2, 0.25) is 0 Å². The summed E-state index contributed by atoms with van der Waals surface area (Å²) >= 11 is 1.24. The van der Waals surface area contributed by atoms with Crippen molar-refractivity contribution in [3.8, 4) is 11.5 Å². The van der Waals surface area contributed by atoms with E-state index in [2.05, 4.69) is 15.3 Å². The number of rotatable bonds is 6. The Kier molecular flexibility index (Phi) is 5.46. The van der Waals surface area contributed by atoms with Gasteiger partial charge in [0.05, 0.1) is 24.5 Å². The van der Waals surface area contributed by atoms with Crippen molar-refractivity contribution in [1.29, 1.82) is 0 Å². The highest BCUT2D eigenvalue weighted by atomic mass is 32.1. The van der Waals surface area contributed by atoms with Crippen LogP contribution >= 0.6 is 11.3 Å². The molecular weight excluding hydrogens is 366 g/mol. The second-order valence-electron chi connectivity index (χ2n) is 6.08. The average molecular weight is 387 g/mol. The molecule has 0 atom stereocenters. The lowest BCUT2D eigenvalue weighted by atomic mass is 10.1. The first-order valence-corrected chi connectivity index (χ1v) is 9.25. The van der Waals surface area contributed by atoms with E-state index in [1.165, 1.54) is 11.3 Å². The van der Waals surface area contributed by atoms with Gasteiger partial charge >= 0.3 is 0 Å². The van der Waals surface area contributed by atoms with Crippen LogP contribution in [0.1, 0.15) is 26.6 Å². The van der Waals surface area contributed by atoms with Crippen molar-refractivity contribution in [3.63, 3.8) is 0 Å². The number of fused-ring (bicyclic) bond motifs is 1. The smallest absolute Gasteiger partial charge is 0.261 e. The number of aryl methyl sites for hydroxylation is 2. The van der Waals surface area contributed by atoms with Gasteiger partial charge in [0, 0.05) is 6.54 Å². The van der Waals surface area contributed by atoms with Gasteiger partial charge in [-0.3, -0.25) is 9.59 Å². The summed E-state index contributed by atoms with van der Waals surface area (Å²) in [7, 11) is 3.18. The first-order valence-electron chi connectivity index (χ1n) is 8.43. The Bertz CT molecular complexity index is 1060. The van der Waals surface area contributed by atoms with E-state index in [9.17, 15) is 9.59 Å². The van der Waals surface area contributed by atoms with Crippen molar-refractivity contribution in [2.75, 3.05) is 20.8 Å². The number of carbonyl (C=O) groups is 1. The number of nitrogens with zero attached hydrogens (tertiary/aromatic N) is 1. The highest BCUT2D eigenvalue weighted by Crippen LogP contribution is 2.28. The monoisotopic (exact) mass is 387 g/mol. The van der Waals surface area contributed by atoms with E-state index in [1.54, 1.807) is 28.1 Å². The Balaban J connectivity index is 1.72. The molecule has 0 aliphatic carbocycles. The van der Waals surface area contributed by atoms with Crippen LogP contribution in [-0.2, 0) is 6.42 Å². The molecule has 0 aliphatic rings. The number of nitrogens with one attached hydrogen (secondary N) is 2. The number of ether oxygens (including phenoxy) is 2. The minimum atomic E-state index is -0.212. The molecule has 1 amide bonds. The van der Waals surface area contributed by atoms with Gasteiger partial charge in [0.1, 0.15) is 10.7 Å². The summed E-state index contributed by atoms with van der Waals surface area (Å²) in [4.78, 5) is 32.8. The maximum absolute atomic E-state index is 12.6. The number of hydrogen-bond acceptors (Lipinski definition) is 6. The maximum atomic E-state index is 12.6. The van der Waals surface area contributed by atoms with Gasteiger partial charge < -0.3 is 19.8 Å². The van der Waals surface area contributed by atoms with Crippen LogP contribution in [0.3, 0.4) is 0 Å². The van der Waals surface area contributed by atoms with Gasteiger partial charge in [-0.15, -0.1) is 11.3 Å². The number of aromatic amines is 1. The lowest BCUT2D eigenvalue weighted by Crippen LogP contribution is -2.25. The van der Waals surface area contributed by atoms with E-state index in [0.717, 1.165) is 5.56 Å². The summed E-state index contributed by atoms with van der Waals surface area (Å²) in [5.41, 5.74) is 1.47. The van der Waals surface area contributed by atoms with Crippen LogP contribution in [0, 0.1) is 13.8 Å². The molecule has 0 spiro atoms. The highest BCUT2D eigenvalue weighted by molar-refractivity contribution is 7.20. The van der Waals surface area contributed by atoms with Crippen LogP contribution in [0.4, 0.5) is 0 Å².